The number of aliphatic hydroxyl groups is 1. The molecule has 0 aliphatic carbocycles. The Bertz CT molecular complexity index is 529. The lowest BCUT2D eigenvalue weighted by atomic mass is 10.1. The van der Waals surface area contributed by atoms with Gasteiger partial charge in [-0.25, -0.2) is 4.39 Å². The summed E-state index contributed by atoms with van der Waals surface area (Å²) in [6, 6.07) is 7.88. The number of rotatable bonds is 3. The molecule has 1 nitrogen and oxygen atoms in total. The first kappa shape index (κ1) is 13.0. The van der Waals surface area contributed by atoms with Gasteiger partial charge < -0.3 is 5.11 Å². The first-order valence-corrected chi connectivity index (χ1v) is 6.92. The molecule has 1 aromatic heterocycles. The van der Waals surface area contributed by atoms with E-state index in [1.807, 2.05) is 12.1 Å². The Labute approximate surface area is 116 Å². The molecule has 0 aliphatic rings. The highest BCUT2D eigenvalue weighted by molar-refractivity contribution is 9.11. The van der Waals surface area contributed by atoms with Gasteiger partial charge in [0.05, 0.1) is 9.89 Å². The van der Waals surface area contributed by atoms with E-state index >= 15 is 0 Å². The van der Waals surface area contributed by atoms with Gasteiger partial charge in [0.1, 0.15) is 5.82 Å². The molecule has 1 heterocycles. The number of halogens is 3. The molecule has 2 aromatic rings. The van der Waals surface area contributed by atoms with E-state index in [1.165, 1.54) is 29.5 Å². The van der Waals surface area contributed by atoms with E-state index in [-0.39, 0.29) is 5.82 Å². The Morgan fingerprint density at radius 1 is 1.35 bits per heavy atom. The minimum absolute atomic E-state index is 0.309. The summed E-state index contributed by atoms with van der Waals surface area (Å²) in [5.74, 6) is -0.344. The van der Waals surface area contributed by atoms with Crippen molar-refractivity contribution in [3.05, 3.63) is 55.4 Å². The molecular formula is C12H9BrClFOS. The molecule has 1 N–H and O–H groups in total. The van der Waals surface area contributed by atoms with Crippen LogP contribution in [0.25, 0.3) is 0 Å². The Hall–Kier alpha value is -0.420. The van der Waals surface area contributed by atoms with E-state index in [2.05, 4.69) is 15.9 Å². The van der Waals surface area contributed by atoms with Crippen LogP contribution in [0.3, 0.4) is 0 Å². The Balaban J connectivity index is 2.18. The van der Waals surface area contributed by atoms with E-state index in [9.17, 15) is 9.50 Å². The third-order valence-electron chi connectivity index (χ3n) is 2.34. The van der Waals surface area contributed by atoms with Crippen molar-refractivity contribution in [2.24, 2.45) is 0 Å². The van der Waals surface area contributed by atoms with Crippen molar-refractivity contribution in [1.29, 1.82) is 0 Å². The maximum Gasteiger partial charge on any atom is 0.123 e. The number of hydrogen-bond donors (Lipinski definition) is 1. The van der Waals surface area contributed by atoms with Crippen LogP contribution in [-0.4, -0.2) is 5.11 Å². The molecule has 0 radical (unpaired) electrons. The van der Waals surface area contributed by atoms with E-state index in [0.717, 1.165) is 8.66 Å². The quantitative estimate of drug-likeness (QED) is 0.870. The van der Waals surface area contributed by atoms with Crippen LogP contribution >= 0.6 is 38.9 Å². The van der Waals surface area contributed by atoms with Gasteiger partial charge in [-0.3, -0.25) is 0 Å². The lowest BCUT2D eigenvalue weighted by Gasteiger charge is -2.10. The third kappa shape index (κ3) is 3.28. The summed E-state index contributed by atoms with van der Waals surface area (Å²) in [4.78, 5) is 0.831. The number of aliphatic hydroxyl groups excluding tert-OH is 1. The molecule has 0 bridgehead atoms. The van der Waals surface area contributed by atoms with Gasteiger partial charge >= 0.3 is 0 Å². The fourth-order valence-corrected chi connectivity index (χ4v) is 3.12. The van der Waals surface area contributed by atoms with Crippen molar-refractivity contribution < 1.29 is 9.50 Å². The average molecular weight is 336 g/mol. The van der Waals surface area contributed by atoms with Gasteiger partial charge in [-0.15, -0.1) is 11.3 Å². The monoisotopic (exact) mass is 334 g/mol. The number of benzene rings is 1. The summed E-state index contributed by atoms with van der Waals surface area (Å²) in [7, 11) is 0. The van der Waals surface area contributed by atoms with Gasteiger partial charge in [-0.05, 0) is 51.8 Å². The summed E-state index contributed by atoms with van der Waals surface area (Å²) in [6.07, 6.45) is -0.352. The van der Waals surface area contributed by atoms with E-state index in [4.69, 9.17) is 11.6 Å². The average Bonchev–Trinajstić information content (AvgIpc) is 2.70. The zero-order chi connectivity index (χ0) is 12.4. The Kier molecular flexibility index (Phi) is 4.20. The zero-order valence-electron chi connectivity index (χ0n) is 8.66. The van der Waals surface area contributed by atoms with Crippen LogP contribution in [-0.2, 0) is 6.42 Å². The molecule has 0 amide bonds. The van der Waals surface area contributed by atoms with E-state index in [1.54, 1.807) is 0 Å². The molecule has 90 valence electrons. The fourth-order valence-electron chi connectivity index (χ4n) is 1.52. The number of hydrogen-bond acceptors (Lipinski definition) is 2. The maximum atomic E-state index is 13.1. The summed E-state index contributed by atoms with van der Waals surface area (Å²) >= 11 is 10.7. The molecule has 1 atom stereocenters. The van der Waals surface area contributed by atoms with Crippen LogP contribution in [0, 0.1) is 5.82 Å². The SMILES string of the molecule is OC(Cc1cc(F)ccc1Cl)c1ccc(Br)s1. The van der Waals surface area contributed by atoms with Gasteiger partial charge in [0.2, 0.25) is 0 Å². The molecule has 5 heteroatoms. The zero-order valence-corrected chi connectivity index (χ0v) is 11.8. The fraction of sp³-hybridized carbons (Fsp3) is 0.167. The first-order chi connectivity index (χ1) is 8.06. The lowest BCUT2D eigenvalue weighted by molar-refractivity contribution is 0.182. The van der Waals surface area contributed by atoms with Gasteiger partial charge in [0.15, 0.2) is 0 Å². The molecule has 0 saturated heterocycles. The van der Waals surface area contributed by atoms with E-state index in [0.29, 0.717) is 17.0 Å². The highest BCUT2D eigenvalue weighted by Gasteiger charge is 2.13. The molecule has 0 aliphatic heterocycles. The molecule has 1 unspecified atom stereocenters. The maximum absolute atomic E-state index is 13.1. The standard InChI is InChI=1S/C12H9BrClFOS/c13-12-4-3-11(17-12)10(16)6-7-5-8(15)1-2-9(7)14/h1-5,10,16H,6H2. The van der Waals surface area contributed by atoms with Crippen molar-refractivity contribution in [3.63, 3.8) is 0 Å². The van der Waals surface area contributed by atoms with Gasteiger partial charge in [-0.2, -0.15) is 0 Å². The van der Waals surface area contributed by atoms with Crippen LogP contribution in [0.15, 0.2) is 34.1 Å². The normalized spacial score (nSPS) is 12.7. The minimum atomic E-state index is -0.661. The summed E-state index contributed by atoms with van der Waals surface area (Å²) in [5.41, 5.74) is 0.615. The van der Waals surface area contributed by atoms with Crippen LogP contribution in [0.4, 0.5) is 4.39 Å². The second-order valence-corrected chi connectivity index (χ2v) is 6.50. The Morgan fingerprint density at radius 3 is 2.76 bits per heavy atom. The van der Waals surface area contributed by atoms with Crippen LogP contribution in [0.1, 0.15) is 16.5 Å². The lowest BCUT2D eigenvalue weighted by Crippen LogP contribution is -2.00. The van der Waals surface area contributed by atoms with Crippen molar-refractivity contribution >= 4 is 38.9 Å². The van der Waals surface area contributed by atoms with Gasteiger partial charge in [-0.1, -0.05) is 11.6 Å². The highest BCUT2D eigenvalue weighted by atomic mass is 79.9. The van der Waals surface area contributed by atoms with Crippen LogP contribution in [0.2, 0.25) is 5.02 Å². The molecule has 0 spiro atoms. The molecule has 2 rings (SSSR count). The van der Waals surface area contributed by atoms with Gasteiger partial charge in [0.25, 0.3) is 0 Å². The Morgan fingerprint density at radius 2 is 2.12 bits per heavy atom. The topological polar surface area (TPSA) is 20.2 Å². The summed E-state index contributed by atoms with van der Waals surface area (Å²) in [6.45, 7) is 0. The molecule has 0 saturated carbocycles. The highest BCUT2D eigenvalue weighted by Crippen LogP contribution is 2.30. The van der Waals surface area contributed by atoms with Gasteiger partial charge in [0, 0.05) is 16.3 Å². The van der Waals surface area contributed by atoms with Crippen molar-refractivity contribution in [2.45, 2.75) is 12.5 Å². The number of thiophene rings is 1. The molecule has 1 aromatic carbocycles. The second kappa shape index (κ2) is 5.48. The minimum Gasteiger partial charge on any atom is -0.387 e. The first-order valence-electron chi connectivity index (χ1n) is 4.93. The molecular weight excluding hydrogens is 327 g/mol. The smallest absolute Gasteiger partial charge is 0.123 e. The largest absolute Gasteiger partial charge is 0.387 e. The predicted octanol–water partition coefficient (Wildman–Crippen LogP) is 4.58. The van der Waals surface area contributed by atoms with Crippen LogP contribution < -0.4 is 0 Å². The van der Waals surface area contributed by atoms with E-state index < -0.39 is 6.10 Å². The molecule has 0 fully saturated rings. The third-order valence-corrected chi connectivity index (χ3v) is 4.44. The predicted molar refractivity (Wildman–Crippen MR) is 72.1 cm³/mol. The van der Waals surface area contributed by atoms with Crippen LogP contribution in [0.5, 0.6) is 0 Å². The summed E-state index contributed by atoms with van der Waals surface area (Å²) in [5, 5.41) is 10.5. The second-order valence-electron chi connectivity index (χ2n) is 3.60. The molecule has 17 heavy (non-hydrogen) atoms. The van der Waals surface area contributed by atoms with Crippen molar-refractivity contribution in [1.82, 2.24) is 0 Å². The summed E-state index contributed by atoms with van der Waals surface area (Å²) < 4.78 is 14.0. The van der Waals surface area contributed by atoms with Crippen molar-refractivity contribution in [2.75, 3.05) is 0 Å². The van der Waals surface area contributed by atoms with Crippen molar-refractivity contribution in [3.8, 4) is 0 Å².